The molecule has 0 atom stereocenters. The molecule has 0 aliphatic carbocycles. The molecule has 0 fully saturated rings. The van der Waals surface area contributed by atoms with Crippen molar-refractivity contribution in [2.45, 2.75) is 6.92 Å². The monoisotopic (exact) mass is 246 g/mol. The minimum atomic E-state index is 0.648. The molecular weight excluding hydrogens is 228 g/mol. The summed E-state index contributed by atoms with van der Waals surface area (Å²) in [5.74, 6) is 1.49. The number of nitrogens with one attached hydrogen (secondary N) is 2. The zero-order valence-electron chi connectivity index (χ0n) is 10.7. The molecule has 0 radical (unpaired) electrons. The lowest BCUT2D eigenvalue weighted by Gasteiger charge is -2.10. The summed E-state index contributed by atoms with van der Waals surface area (Å²) in [5.41, 5.74) is 0.934. The third kappa shape index (κ3) is 2.87. The molecule has 5 heteroatoms. The van der Waals surface area contributed by atoms with Crippen LogP contribution in [0.4, 0.5) is 11.8 Å². The molecule has 0 aliphatic rings. The molecule has 0 spiro atoms. The third-order valence-electron chi connectivity index (χ3n) is 2.54. The zero-order chi connectivity index (χ0) is 12.8. The van der Waals surface area contributed by atoms with Crippen LogP contribution in [0.15, 0.2) is 24.3 Å². The molecule has 1 aromatic heterocycles. The maximum atomic E-state index is 5.03. The van der Waals surface area contributed by atoms with Crippen molar-refractivity contribution < 1.29 is 4.74 Å². The molecule has 5 nitrogen and oxygen atoms in total. The standard InChI is InChI=1S/C13H18N4O/c1-3-14-13-16-11-7-5-4-6-10(11)12(17-13)15-8-9-18-2/h4-7H,3,8-9H2,1-2H3,(H2,14,15,16,17). The number of hydrogen-bond acceptors (Lipinski definition) is 5. The number of nitrogens with zero attached hydrogens (tertiary/aromatic N) is 2. The van der Waals surface area contributed by atoms with Gasteiger partial charge in [0, 0.05) is 25.6 Å². The van der Waals surface area contributed by atoms with E-state index in [-0.39, 0.29) is 0 Å². The normalized spacial score (nSPS) is 10.6. The summed E-state index contributed by atoms with van der Waals surface area (Å²) < 4.78 is 5.03. The lowest BCUT2D eigenvalue weighted by atomic mass is 10.2. The number of hydrogen-bond donors (Lipinski definition) is 2. The molecule has 2 rings (SSSR count). The van der Waals surface area contributed by atoms with Crippen molar-refractivity contribution >= 4 is 22.7 Å². The van der Waals surface area contributed by atoms with Gasteiger partial charge in [0.25, 0.3) is 0 Å². The van der Waals surface area contributed by atoms with Gasteiger partial charge < -0.3 is 15.4 Å². The van der Waals surface area contributed by atoms with Crippen molar-refractivity contribution in [3.63, 3.8) is 0 Å². The second-order valence-corrected chi connectivity index (χ2v) is 3.86. The van der Waals surface area contributed by atoms with Crippen LogP contribution >= 0.6 is 0 Å². The van der Waals surface area contributed by atoms with Gasteiger partial charge in [-0.15, -0.1) is 0 Å². The molecule has 18 heavy (non-hydrogen) atoms. The number of methoxy groups -OCH3 is 1. The Bertz CT molecular complexity index is 515. The Balaban J connectivity index is 2.34. The summed E-state index contributed by atoms with van der Waals surface area (Å²) >= 11 is 0. The van der Waals surface area contributed by atoms with E-state index in [4.69, 9.17) is 4.74 Å². The van der Waals surface area contributed by atoms with Gasteiger partial charge in [-0.25, -0.2) is 4.98 Å². The second kappa shape index (κ2) is 6.16. The van der Waals surface area contributed by atoms with Gasteiger partial charge in [-0.1, -0.05) is 12.1 Å². The van der Waals surface area contributed by atoms with Crippen molar-refractivity contribution in [3.05, 3.63) is 24.3 Å². The Morgan fingerprint density at radius 3 is 2.78 bits per heavy atom. The van der Waals surface area contributed by atoms with Crippen molar-refractivity contribution in [2.75, 3.05) is 37.4 Å². The van der Waals surface area contributed by atoms with Crippen molar-refractivity contribution in [3.8, 4) is 0 Å². The molecule has 0 amide bonds. The fraction of sp³-hybridized carbons (Fsp3) is 0.385. The summed E-state index contributed by atoms with van der Waals surface area (Å²) in [4.78, 5) is 8.93. The average molecular weight is 246 g/mol. The number of ether oxygens (including phenoxy) is 1. The summed E-state index contributed by atoms with van der Waals surface area (Å²) in [6.07, 6.45) is 0. The van der Waals surface area contributed by atoms with Crippen molar-refractivity contribution in [1.82, 2.24) is 9.97 Å². The summed E-state index contributed by atoms with van der Waals surface area (Å²) in [6, 6.07) is 7.96. The van der Waals surface area contributed by atoms with Crippen LogP contribution in [0.5, 0.6) is 0 Å². The van der Waals surface area contributed by atoms with Gasteiger partial charge >= 0.3 is 0 Å². The Morgan fingerprint density at radius 2 is 2.00 bits per heavy atom. The van der Waals surface area contributed by atoms with Crippen LogP contribution < -0.4 is 10.6 Å². The lowest BCUT2D eigenvalue weighted by Crippen LogP contribution is -2.11. The Morgan fingerprint density at radius 1 is 1.17 bits per heavy atom. The molecule has 2 aromatic rings. The van der Waals surface area contributed by atoms with E-state index in [1.54, 1.807) is 7.11 Å². The predicted octanol–water partition coefficient (Wildman–Crippen LogP) is 2.12. The molecule has 0 saturated heterocycles. The van der Waals surface area contributed by atoms with Gasteiger partial charge in [0.1, 0.15) is 5.82 Å². The minimum absolute atomic E-state index is 0.648. The topological polar surface area (TPSA) is 59.1 Å². The van der Waals surface area contributed by atoms with Gasteiger partial charge in [-0.2, -0.15) is 4.98 Å². The zero-order valence-corrected chi connectivity index (χ0v) is 10.7. The number of rotatable bonds is 6. The van der Waals surface area contributed by atoms with Crippen molar-refractivity contribution in [2.24, 2.45) is 0 Å². The Labute approximate surface area is 107 Å². The number of aromatic nitrogens is 2. The smallest absolute Gasteiger partial charge is 0.225 e. The molecule has 1 aromatic carbocycles. The van der Waals surface area contributed by atoms with Crippen molar-refractivity contribution in [1.29, 1.82) is 0 Å². The van der Waals surface area contributed by atoms with Crippen LogP contribution in [-0.2, 0) is 4.74 Å². The maximum Gasteiger partial charge on any atom is 0.225 e. The second-order valence-electron chi connectivity index (χ2n) is 3.86. The van der Waals surface area contributed by atoms with Crippen LogP contribution in [0.3, 0.4) is 0 Å². The molecule has 96 valence electrons. The molecule has 0 unspecified atom stereocenters. The van der Waals surface area contributed by atoms with Crippen LogP contribution in [0.25, 0.3) is 10.9 Å². The fourth-order valence-electron chi connectivity index (χ4n) is 1.72. The summed E-state index contributed by atoms with van der Waals surface area (Å²) in [6.45, 7) is 4.20. The van der Waals surface area contributed by atoms with E-state index in [2.05, 4.69) is 20.6 Å². The number of anilines is 2. The lowest BCUT2D eigenvalue weighted by molar-refractivity contribution is 0.210. The Kier molecular flexibility index (Phi) is 4.30. The first kappa shape index (κ1) is 12.6. The molecule has 1 heterocycles. The number of para-hydroxylation sites is 1. The van der Waals surface area contributed by atoms with E-state index in [0.717, 1.165) is 29.8 Å². The molecule has 2 N–H and O–H groups in total. The molecular formula is C13H18N4O. The van der Waals surface area contributed by atoms with E-state index in [9.17, 15) is 0 Å². The SMILES string of the molecule is CCNc1nc(NCCOC)c2ccccc2n1. The quantitative estimate of drug-likeness (QED) is 0.765. The largest absolute Gasteiger partial charge is 0.383 e. The van der Waals surface area contributed by atoms with E-state index < -0.39 is 0 Å². The highest BCUT2D eigenvalue weighted by molar-refractivity contribution is 5.89. The van der Waals surface area contributed by atoms with Crippen LogP contribution in [-0.4, -0.2) is 36.8 Å². The van der Waals surface area contributed by atoms with Gasteiger partial charge in [-0.05, 0) is 19.1 Å². The molecule has 0 aliphatic heterocycles. The number of fused-ring (bicyclic) bond motifs is 1. The third-order valence-corrected chi connectivity index (χ3v) is 2.54. The van der Waals surface area contributed by atoms with Gasteiger partial charge in [0.15, 0.2) is 0 Å². The van der Waals surface area contributed by atoms with Gasteiger partial charge in [0.2, 0.25) is 5.95 Å². The van der Waals surface area contributed by atoms with E-state index >= 15 is 0 Å². The molecule has 0 saturated carbocycles. The van der Waals surface area contributed by atoms with E-state index in [0.29, 0.717) is 12.6 Å². The molecule has 0 bridgehead atoms. The minimum Gasteiger partial charge on any atom is -0.383 e. The van der Waals surface area contributed by atoms with Crippen LogP contribution in [0.2, 0.25) is 0 Å². The predicted molar refractivity (Wildman–Crippen MR) is 74.1 cm³/mol. The van der Waals surface area contributed by atoms with Gasteiger partial charge in [-0.3, -0.25) is 0 Å². The highest BCUT2D eigenvalue weighted by Crippen LogP contribution is 2.21. The average Bonchev–Trinajstić information content (AvgIpc) is 2.39. The van der Waals surface area contributed by atoms with Gasteiger partial charge in [0.05, 0.1) is 12.1 Å². The first-order valence-electron chi connectivity index (χ1n) is 6.08. The maximum absolute atomic E-state index is 5.03. The summed E-state index contributed by atoms with van der Waals surface area (Å²) in [5, 5.41) is 7.43. The Hall–Kier alpha value is -1.88. The summed E-state index contributed by atoms with van der Waals surface area (Å²) in [7, 11) is 1.68. The highest BCUT2D eigenvalue weighted by Gasteiger charge is 2.06. The first-order valence-corrected chi connectivity index (χ1v) is 6.08. The number of benzene rings is 1. The van der Waals surface area contributed by atoms with E-state index in [1.807, 2.05) is 31.2 Å². The fourth-order valence-corrected chi connectivity index (χ4v) is 1.72. The van der Waals surface area contributed by atoms with E-state index in [1.165, 1.54) is 0 Å². The van der Waals surface area contributed by atoms with Crippen LogP contribution in [0, 0.1) is 0 Å². The highest BCUT2D eigenvalue weighted by atomic mass is 16.5. The first-order chi connectivity index (χ1) is 8.85. The van der Waals surface area contributed by atoms with Crippen LogP contribution in [0.1, 0.15) is 6.92 Å².